The van der Waals surface area contributed by atoms with Gasteiger partial charge in [-0.3, -0.25) is 4.55 Å². The van der Waals surface area contributed by atoms with Gasteiger partial charge in [-0.05, 0) is 25.7 Å². The zero-order chi connectivity index (χ0) is 19.7. The number of hydrogen-bond acceptors (Lipinski definition) is 3. The summed E-state index contributed by atoms with van der Waals surface area (Å²) in [6.07, 6.45) is 18.5. The normalized spacial score (nSPS) is 14.5. The van der Waals surface area contributed by atoms with Crippen LogP contribution in [0.25, 0.3) is 0 Å². The highest BCUT2D eigenvalue weighted by Crippen LogP contribution is 2.17. The number of rotatable bonds is 19. The Kier molecular flexibility index (Phi) is 16.9. The monoisotopic (exact) mass is 392 g/mol. The SMILES string of the molecule is CCCCCCCCCCCCCCCC(O)CCC(CC)S(=O)(=O)O. The van der Waals surface area contributed by atoms with Gasteiger partial charge in [-0.15, -0.1) is 0 Å². The van der Waals surface area contributed by atoms with Crippen LogP contribution in [-0.2, 0) is 10.1 Å². The molecule has 5 heteroatoms. The summed E-state index contributed by atoms with van der Waals surface area (Å²) in [6.45, 7) is 4.00. The summed E-state index contributed by atoms with van der Waals surface area (Å²) in [7, 11) is -3.97. The van der Waals surface area contributed by atoms with Crippen molar-refractivity contribution in [3.05, 3.63) is 0 Å². The van der Waals surface area contributed by atoms with Crippen LogP contribution in [0.5, 0.6) is 0 Å². The second kappa shape index (κ2) is 17.0. The van der Waals surface area contributed by atoms with E-state index >= 15 is 0 Å². The fourth-order valence-corrected chi connectivity index (χ4v) is 4.34. The first-order chi connectivity index (χ1) is 12.4. The molecule has 2 atom stereocenters. The van der Waals surface area contributed by atoms with Crippen molar-refractivity contribution >= 4 is 10.1 Å². The second-order valence-corrected chi connectivity index (χ2v) is 9.50. The van der Waals surface area contributed by atoms with E-state index in [-0.39, 0.29) is 0 Å². The van der Waals surface area contributed by atoms with Gasteiger partial charge < -0.3 is 5.11 Å². The molecule has 0 bridgehead atoms. The number of unbranched alkanes of at least 4 members (excludes halogenated alkanes) is 12. The van der Waals surface area contributed by atoms with Gasteiger partial charge in [0, 0.05) is 0 Å². The lowest BCUT2D eigenvalue weighted by atomic mass is 10.0. The molecule has 2 unspecified atom stereocenters. The van der Waals surface area contributed by atoms with E-state index in [4.69, 9.17) is 4.55 Å². The summed E-state index contributed by atoms with van der Waals surface area (Å²) >= 11 is 0. The van der Waals surface area contributed by atoms with Crippen molar-refractivity contribution in [3.63, 3.8) is 0 Å². The smallest absolute Gasteiger partial charge is 0.267 e. The summed E-state index contributed by atoms with van der Waals surface area (Å²) in [6, 6.07) is 0. The third kappa shape index (κ3) is 16.1. The van der Waals surface area contributed by atoms with Crippen molar-refractivity contribution in [3.8, 4) is 0 Å². The fraction of sp³-hybridized carbons (Fsp3) is 1.00. The van der Waals surface area contributed by atoms with Crippen LogP contribution < -0.4 is 0 Å². The summed E-state index contributed by atoms with van der Waals surface area (Å²) < 4.78 is 31.3. The lowest BCUT2D eigenvalue weighted by Crippen LogP contribution is -2.21. The van der Waals surface area contributed by atoms with Crippen LogP contribution in [0, 0.1) is 0 Å². The molecule has 0 spiro atoms. The highest BCUT2D eigenvalue weighted by atomic mass is 32.2. The predicted octanol–water partition coefficient (Wildman–Crippen LogP) is 6.28. The highest BCUT2D eigenvalue weighted by Gasteiger charge is 2.21. The molecular weight excluding hydrogens is 348 g/mol. The Balaban J connectivity index is 3.39. The maximum atomic E-state index is 11.1. The minimum atomic E-state index is -3.97. The van der Waals surface area contributed by atoms with Gasteiger partial charge in [-0.1, -0.05) is 97.3 Å². The quantitative estimate of drug-likeness (QED) is 0.200. The first-order valence-corrected chi connectivity index (χ1v) is 12.6. The summed E-state index contributed by atoms with van der Waals surface area (Å²) in [5, 5.41) is 9.23. The van der Waals surface area contributed by atoms with Crippen molar-refractivity contribution in [2.45, 2.75) is 134 Å². The lowest BCUT2D eigenvalue weighted by Gasteiger charge is -2.14. The maximum Gasteiger partial charge on any atom is 0.267 e. The molecule has 0 aliphatic heterocycles. The first-order valence-electron chi connectivity index (χ1n) is 11.1. The van der Waals surface area contributed by atoms with Gasteiger partial charge in [0.1, 0.15) is 0 Å². The van der Waals surface area contributed by atoms with Crippen molar-refractivity contribution < 1.29 is 18.1 Å². The van der Waals surface area contributed by atoms with Crippen LogP contribution in [0.1, 0.15) is 123 Å². The Morgan fingerprint density at radius 1 is 0.654 bits per heavy atom. The Hall–Kier alpha value is -0.130. The number of aliphatic hydroxyl groups excluding tert-OH is 1. The molecule has 0 aromatic heterocycles. The summed E-state index contributed by atoms with van der Waals surface area (Å²) in [5.41, 5.74) is 0. The molecule has 0 heterocycles. The van der Waals surface area contributed by atoms with Gasteiger partial charge in [0.2, 0.25) is 0 Å². The molecule has 0 fully saturated rings. The molecule has 0 radical (unpaired) electrons. The van der Waals surface area contributed by atoms with E-state index in [9.17, 15) is 13.5 Å². The average molecular weight is 393 g/mol. The van der Waals surface area contributed by atoms with Crippen LogP contribution in [0.15, 0.2) is 0 Å². The van der Waals surface area contributed by atoms with E-state index in [1.165, 1.54) is 70.6 Å². The van der Waals surface area contributed by atoms with E-state index in [2.05, 4.69) is 6.92 Å². The zero-order valence-electron chi connectivity index (χ0n) is 17.3. The van der Waals surface area contributed by atoms with Crippen LogP contribution in [0.4, 0.5) is 0 Å². The fourth-order valence-electron chi connectivity index (χ4n) is 3.48. The molecule has 0 aliphatic carbocycles. The molecule has 2 N–H and O–H groups in total. The third-order valence-electron chi connectivity index (χ3n) is 5.34. The van der Waals surface area contributed by atoms with Gasteiger partial charge in [0.05, 0.1) is 11.4 Å². The zero-order valence-corrected chi connectivity index (χ0v) is 18.1. The van der Waals surface area contributed by atoms with Crippen LogP contribution in [0.2, 0.25) is 0 Å². The molecule has 0 saturated heterocycles. The van der Waals surface area contributed by atoms with Crippen molar-refractivity contribution in [2.75, 3.05) is 0 Å². The second-order valence-electron chi connectivity index (χ2n) is 7.81. The predicted molar refractivity (Wildman–Crippen MR) is 111 cm³/mol. The average Bonchev–Trinajstić information content (AvgIpc) is 2.58. The Morgan fingerprint density at radius 2 is 1.08 bits per heavy atom. The maximum absolute atomic E-state index is 11.1. The minimum absolute atomic E-state index is 0.342. The van der Waals surface area contributed by atoms with Crippen molar-refractivity contribution in [2.24, 2.45) is 0 Å². The molecule has 26 heavy (non-hydrogen) atoms. The Morgan fingerprint density at radius 3 is 1.46 bits per heavy atom. The van der Waals surface area contributed by atoms with Crippen molar-refractivity contribution in [1.82, 2.24) is 0 Å². The van der Waals surface area contributed by atoms with Gasteiger partial charge in [0.25, 0.3) is 10.1 Å². The van der Waals surface area contributed by atoms with Gasteiger partial charge in [-0.25, -0.2) is 0 Å². The van der Waals surface area contributed by atoms with E-state index < -0.39 is 21.5 Å². The molecule has 0 saturated carbocycles. The van der Waals surface area contributed by atoms with Crippen LogP contribution >= 0.6 is 0 Å². The number of hydrogen-bond donors (Lipinski definition) is 2. The lowest BCUT2D eigenvalue weighted by molar-refractivity contribution is 0.147. The van der Waals surface area contributed by atoms with Crippen LogP contribution in [-0.4, -0.2) is 29.4 Å². The Bertz CT molecular complexity index is 395. The van der Waals surface area contributed by atoms with Gasteiger partial charge in [-0.2, -0.15) is 8.42 Å². The molecule has 4 nitrogen and oxygen atoms in total. The highest BCUT2D eigenvalue weighted by molar-refractivity contribution is 7.86. The van der Waals surface area contributed by atoms with E-state index in [0.29, 0.717) is 19.3 Å². The van der Waals surface area contributed by atoms with E-state index in [1.54, 1.807) is 6.92 Å². The van der Waals surface area contributed by atoms with Crippen molar-refractivity contribution in [1.29, 1.82) is 0 Å². The van der Waals surface area contributed by atoms with E-state index in [0.717, 1.165) is 19.3 Å². The molecule has 0 aromatic carbocycles. The van der Waals surface area contributed by atoms with Gasteiger partial charge >= 0.3 is 0 Å². The van der Waals surface area contributed by atoms with Crippen LogP contribution in [0.3, 0.4) is 0 Å². The first kappa shape index (κ1) is 25.9. The standard InChI is InChI=1S/C21H44O4S/c1-3-5-6-7-8-9-10-11-12-13-14-15-16-17-20(22)18-19-21(4-2)26(23,24)25/h20-22H,3-19H2,1-2H3,(H,23,24,25). The molecule has 0 amide bonds. The molecule has 0 aromatic rings. The minimum Gasteiger partial charge on any atom is -0.393 e. The van der Waals surface area contributed by atoms with Gasteiger partial charge in [0.15, 0.2) is 0 Å². The molecular formula is C21H44O4S. The van der Waals surface area contributed by atoms with E-state index in [1.807, 2.05) is 0 Å². The molecule has 0 rings (SSSR count). The molecule has 0 aliphatic rings. The summed E-state index contributed by atoms with van der Waals surface area (Å²) in [4.78, 5) is 0. The topological polar surface area (TPSA) is 74.6 Å². The number of aliphatic hydroxyl groups is 1. The largest absolute Gasteiger partial charge is 0.393 e. The summed E-state index contributed by atoms with van der Waals surface area (Å²) in [5.74, 6) is 0. The Labute approximate surface area is 162 Å². The third-order valence-corrected chi connectivity index (χ3v) is 6.75. The molecule has 158 valence electrons.